The van der Waals surface area contributed by atoms with E-state index in [2.05, 4.69) is 28.2 Å². The van der Waals surface area contributed by atoms with Crippen molar-refractivity contribution in [2.24, 2.45) is 35.5 Å². The lowest BCUT2D eigenvalue weighted by Crippen LogP contribution is -2.54. The van der Waals surface area contributed by atoms with Gasteiger partial charge >= 0.3 is 5.97 Å². The van der Waals surface area contributed by atoms with Crippen LogP contribution in [0.2, 0.25) is 0 Å². The van der Waals surface area contributed by atoms with Gasteiger partial charge < -0.3 is 54.4 Å². The highest BCUT2D eigenvalue weighted by Gasteiger charge is 2.44. The third-order valence-corrected chi connectivity index (χ3v) is 23.4. The number of thioether (sulfide) groups is 1. The predicted octanol–water partition coefficient (Wildman–Crippen LogP) is 15.5. The summed E-state index contributed by atoms with van der Waals surface area (Å²) in [6.45, 7) is 31.3. The monoisotopic (exact) mass is 1730 g/mol. The highest BCUT2D eigenvalue weighted by atomic mass is 33.1. The van der Waals surface area contributed by atoms with E-state index in [0.717, 1.165) is 11.5 Å². The Hall–Kier alpha value is -7.88. The molecule has 22 nitrogen and oxygen atoms in total. The van der Waals surface area contributed by atoms with Crippen LogP contribution in [0.25, 0.3) is 0 Å². The van der Waals surface area contributed by atoms with Gasteiger partial charge in [0.05, 0.1) is 80.1 Å². The standard InChI is InChI=1S/C96H136N4O18S3/c1-20-64(3)87(83(105)55-70(66(5)101)48-52-119-19)99-89(109)71(53-68-35-26-22-27-36-68)56-81(103)79(59-86(108)118-95(16,17)18)98-90(110)73(61-115-96(74-37-28-23-29-38-74,75-39-30-24-31-40-75)76-41-32-25-33-42-76)58-84(106)88(67(6)116-93(10,11)12)100-91(111)72(60-114-92(7,8)9)57-82(104)78(54-69-44-46-77(47-45-69)117-94(13,14)15)97-85(107)62-113-51-50-112-49-34-43-80(102)65(4)63-121-120-21-2/h22-33,35-42,44-47,64-65,67,70-73,78-79,87-88H,20-21,34,43,48-63H2,1-19H3,(H,97,107)(H,98,110)(H,99,109)(H,100,111)/t64?,65-,67?,70+,71+,72-,73-,78-,79-,87-,88-/m0/s1. The number of hydrogen-bond donors (Lipinski definition) is 4. The maximum absolute atomic E-state index is 16.2. The van der Waals surface area contributed by atoms with Gasteiger partial charge in [0, 0.05) is 68.0 Å². The molecule has 0 saturated carbocycles. The molecule has 0 aliphatic heterocycles. The van der Waals surface area contributed by atoms with Crippen LogP contribution in [0.3, 0.4) is 0 Å². The van der Waals surface area contributed by atoms with Crippen LogP contribution in [0.1, 0.15) is 210 Å². The normalized spacial score (nSPS) is 14.8. The predicted molar refractivity (Wildman–Crippen MR) is 481 cm³/mol. The third kappa shape index (κ3) is 38.0. The Labute approximate surface area is 731 Å². The van der Waals surface area contributed by atoms with E-state index in [1.165, 1.54) is 6.92 Å². The fourth-order valence-electron chi connectivity index (χ4n) is 13.7. The number of carbonyl (C=O) groups excluding carboxylic acids is 11. The Morgan fingerprint density at radius 2 is 0.942 bits per heavy atom. The number of benzene rings is 5. The van der Waals surface area contributed by atoms with Crippen molar-refractivity contribution < 1.29 is 85.9 Å². The number of rotatable bonds is 56. The molecule has 0 aromatic heterocycles. The minimum absolute atomic E-state index is 0.0150. The molecule has 0 aliphatic rings. The lowest BCUT2D eigenvalue weighted by Gasteiger charge is -2.37. The van der Waals surface area contributed by atoms with Crippen LogP contribution in [0, 0.1) is 35.5 Å². The van der Waals surface area contributed by atoms with Crippen LogP contribution in [-0.4, -0.2) is 180 Å². The number of nitrogens with one attached hydrogen (secondary N) is 4. The first-order valence-corrected chi connectivity index (χ1v) is 46.3. The van der Waals surface area contributed by atoms with Crippen LogP contribution >= 0.6 is 33.3 Å². The van der Waals surface area contributed by atoms with Crippen LogP contribution in [0.15, 0.2) is 146 Å². The summed E-state index contributed by atoms with van der Waals surface area (Å²) < 4.78 is 43.7. The molecule has 0 radical (unpaired) electrons. The van der Waals surface area contributed by atoms with Gasteiger partial charge in [-0.1, -0.05) is 189 Å². The van der Waals surface area contributed by atoms with Gasteiger partial charge in [-0.15, -0.1) is 0 Å². The fourth-order valence-corrected chi connectivity index (χ4v) is 16.3. The number of Topliss-reactive ketones (excluding diaryl/α,β-unsaturated/α-hetero) is 6. The molecular weight excluding hydrogens is 1590 g/mol. The van der Waals surface area contributed by atoms with E-state index < -0.39 is 168 Å². The zero-order valence-corrected chi connectivity index (χ0v) is 77.4. The van der Waals surface area contributed by atoms with Crippen molar-refractivity contribution in [2.75, 3.05) is 63.2 Å². The van der Waals surface area contributed by atoms with Gasteiger partial charge in [0.2, 0.25) is 23.6 Å². The Kier molecular flexibility index (Phi) is 44.0. The maximum Gasteiger partial charge on any atom is 0.308 e. The summed E-state index contributed by atoms with van der Waals surface area (Å²) in [4.78, 5) is 162. The molecule has 0 spiro atoms. The van der Waals surface area contributed by atoms with Crippen LogP contribution in [-0.2, 0) is 99.6 Å². The molecule has 5 aromatic carbocycles. The van der Waals surface area contributed by atoms with Crippen molar-refractivity contribution in [1.29, 1.82) is 0 Å². The van der Waals surface area contributed by atoms with Crippen LogP contribution < -0.4 is 26.0 Å². The number of ketones is 6. The summed E-state index contributed by atoms with van der Waals surface area (Å²) >= 11 is 1.56. The smallest absolute Gasteiger partial charge is 0.308 e. The minimum atomic E-state index is -1.72. The summed E-state index contributed by atoms with van der Waals surface area (Å²) in [6, 6.07) is 38.4. The molecule has 5 aromatic rings. The van der Waals surface area contributed by atoms with E-state index in [0.29, 0.717) is 71.6 Å². The van der Waals surface area contributed by atoms with Crippen LogP contribution in [0.5, 0.6) is 5.75 Å². The maximum atomic E-state index is 16.2. The SMILES string of the molecule is CCSSC[C@H](C)C(=O)CCCOCCOCC(=O)N[C@@H](Cc1ccc(OC(C)(C)C)cc1)C(=O)C[C@@H](COC(C)(C)C)C(=O)N[C@H](C(=O)C[C@@H](COC(c1ccccc1)(c1ccccc1)c1ccccc1)C(=O)N[C@@H](CC(=O)OC(C)(C)C)C(=O)C[C@@H](Cc1ccccc1)C(=O)N[C@H](C(=O)C[C@@H](CCSC)C(C)=O)C(C)CC)C(C)OC(C)(C)C. The molecular formula is C96H136N4O18S3. The minimum Gasteiger partial charge on any atom is -0.488 e. The summed E-state index contributed by atoms with van der Waals surface area (Å²) in [5.74, 6) is -8.48. The summed E-state index contributed by atoms with van der Waals surface area (Å²) in [7, 11) is 3.41. The number of ether oxygens (including phenoxy) is 7. The molecule has 0 fully saturated rings. The number of esters is 1. The van der Waals surface area contributed by atoms with Gasteiger partial charge in [-0.3, -0.25) is 52.7 Å². The van der Waals surface area contributed by atoms with Crippen LogP contribution in [0.4, 0.5) is 0 Å². The van der Waals surface area contributed by atoms with Crippen molar-refractivity contribution in [3.8, 4) is 5.75 Å². The molecule has 4 amide bonds. The van der Waals surface area contributed by atoms with Gasteiger partial charge in [0.1, 0.15) is 46.8 Å². The summed E-state index contributed by atoms with van der Waals surface area (Å²) in [5.41, 5.74) is -1.70. The second kappa shape index (κ2) is 51.4. The van der Waals surface area contributed by atoms with Crippen molar-refractivity contribution in [2.45, 2.75) is 254 Å². The Morgan fingerprint density at radius 1 is 0.455 bits per heavy atom. The Morgan fingerprint density at radius 3 is 1.46 bits per heavy atom. The van der Waals surface area contributed by atoms with E-state index >= 15 is 28.8 Å². The molecule has 0 bridgehead atoms. The van der Waals surface area contributed by atoms with Crippen molar-refractivity contribution >= 4 is 97.6 Å². The molecule has 4 N–H and O–H groups in total. The van der Waals surface area contributed by atoms with Crippen molar-refractivity contribution in [3.63, 3.8) is 0 Å². The average molecular weight is 1730 g/mol. The third-order valence-electron chi connectivity index (χ3n) is 20.1. The molecule has 2 unspecified atom stereocenters. The zero-order chi connectivity index (χ0) is 89.7. The van der Waals surface area contributed by atoms with Gasteiger partial charge in [0.15, 0.2) is 23.1 Å². The second-order valence-electron chi connectivity index (χ2n) is 35.2. The highest BCUT2D eigenvalue weighted by molar-refractivity contribution is 8.76. The molecule has 0 saturated heterocycles. The molecule has 25 heteroatoms. The van der Waals surface area contributed by atoms with Gasteiger partial charge in [-0.05, 0) is 180 Å². The molecule has 666 valence electrons. The Balaban J connectivity index is 1.62. The topological polar surface area (TPSA) is 300 Å². The van der Waals surface area contributed by atoms with E-state index in [1.54, 1.807) is 157 Å². The van der Waals surface area contributed by atoms with Crippen molar-refractivity contribution in [3.05, 3.63) is 173 Å². The molecule has 121 heavy (non-hydrogen) atoms. The quantitative estimate of drug-likeness (QED) is 0.0122. The van der Waals surface area contributed by atoms with Gasteiger partial charge in [0.25, 0.3) is 0 Å². The largest absolute Gasteiger partial charge is 0.488 e. The zero-order valence-electron chi connectivity index (χ0n) is 74.9. The fraction of sp³-hybridized carbons (Fsp3) is 0.573. The summed E-state index contributed by atoms with van der Waals surface area (Å²) in [5, 5.41) is 11.7. The molecule has 11 atom stereocenters. The second-order valence-corrected chi connectivity index (χ2v) is 39.0. The number of carbonyl (C=O) groups is 11. The van der Waals surface area contributed by atoms with Gasteiger partial charge in [-0.25, -0.2) is 0 Å². The van der Waals surface area contributed by atoms with Gasteiger partial charge in [-0.2, -0.15) is 11.8 Å². The molecule has 0 heterocycles. The Bertz CT molecular complexity index is 3960. The average Bonchev–Trinajstić information content (AvgIpc) is 0.754. The number of hydrogen-bond acceptors (Lipinski definition) is 21. The lowest BCUT2D eigenvalue weighted by atomic mass is 9.80. The first kappa shape index (κ1) is 104. The summed E-state index contributed by atoms with van der Waals surface area (Å²) in [6.07, 6.45) is -0.0531. The van der Waals surface area contributed by atoms with E-state index in [-0.39, 0.29) is 68.3 Å². The first-order valence-electron chi connectivity index (χ1n) is 42.4. The van der Waals surface area contributed by atoms with E-state index in [4.69, 9.17) is 33.2 Å². The highest BCUT2D eigenvalue weighted by Crippen LogP contribution is 2.41. The van der Waals surface area contributed by atoms with E-state index in [9.17, 15) is 24.0 Å². The lowest BCUT2D eigenvalue weighted by molar-refractivity contribution is -0.156. The van der Waals surface area contributed by atoms with Crippen molar-refractivity contribution in [1.82, 2.24) is 21.3 Å². The molecule has 5 rings (SSSR count). The van der Waals surface area contributed by atoms with E-state index in [1.807, 2.05) is 139 Å². The first-order chi connectivity index (χ1) is 57.0. The number of amides is 4. The molecule has 0 aliphatic carbocycles.